The van der Waals surface area contributed by atoms with Crippen LogP contribution in [0.4, 0.5) is 17.6 Å². The molecule has 0 bridgehead atoms. The van der Waals surface area contributed by atoms with Gasteiger partial charge in [0.15, 0.2) is 5.69 Å². The molecule has 0 aliphatic rings. The number of aromatic nitrogens is 2. The van der Waals surface area contributed by atoms with Crippen molar-refractivity contribution in [3.8, 4) is 5.69 Å². The Balaban J connectivity index is 1.78. The highest BCUT2D eigenvalue weighted by molar-refractivity contribution is 5.95. The third-order valence-corrected chi connectivity index (χ3v) is 3.90. The van der Waals surface area contributed by atoms with Gasteiger partial charge in [0.1, 0.15) is 5.82 Å². The van der Waals surface area contributed by atoms with Crippen LogP contribution in [0.3, 0.4) is 0 Å². The predicted molar refractivity (Wildman–Crippen MR) is 91.0 cm³/mol. The van der Waals surface area contributed by atoms with E-state index in [1.165, 1.54) is 24.3 Å². The third kappa shape index (κ3) is 4.33. The SMILES string of the molecule is O=C(NCCc1ccc(F)cc1)c1cnn(-c2ccccc2)c1C(F)(F)F. The van der Waals surface area contributed by atoms with E-state index in [9.17, 15) is 22.4 Å². The zero-order valence-electron chi connectivity index (χ0n) is 14.0. The minimum atomic E-state index is -4.75. The first-order valence-corrected chi connectivity index (χ1v) is 8.09. The molecular weight excluding hydrogens is 362 g/mol. The van der Waals surface area contributed by atoms with Gasteiger partial charge in [-0.05, 0) is 36.2 Å². The summed E-state index contributed by atoms with van der Waals surface area (Å²) in [5.74, 6) is -1.25. The van der Waals surface area contributed by atoms with Crippen LogP contribution < -0.4 is 5.32 Å². The van der Waals surface area contributed by atoms with Gasteiger partial charge in [0.05, 0.1) is 17.4 Å². The van der Waals surface area contributed by atoms with E-state index in [0.29, 0.717) is 11.1 Å². The van der Waals surface area contributed by atoms with Crippen molar-refractivity contribution < 1.29 is 22.4 Å². The third-order valence-electron chi connectivity index (χ3n) is 3.90. The van der Waals surface area contributed by atoms with Gasteiger partial charge >= 0.3 is 6.18 Å². The smallest absolute Gasteiger partial charge is 0.352 e. The summed E-state index contributed by atoms with van der Waals surface area (Å²) in [5, 5.41) is 6.20. The van der Waals surface area contributed by atoms with Gasteiger partial charge in [0.25, 0.3) is 5.91 Å². The van der Waals surface area contributed by atoms with Crippen molar-refractivity contribution in [1.82, 2.24) is 15.1 Å². The number of carbonyl (C=O) groups is 1. The van der Waals surface area contributed by atoms with E-state index in [1.54, 1.807) is 30.3 Å². The number of amides is 1. The van der Waals surface area contributed by atoms with Crippen LogP contribution in [0.2, 0.25) is 0 Å². The maximum Gasteiger partial charge on any atom is 0.434 e. The van der Waals surface area contributed by atoms with Crippen LogP contribution in [0.15, 0.2) is 60.8 Å². The van der Waals surface area contributed by atoms with Crippen LogP contribution >= 0.6 is 0 Å². The molecule has 4 nitrogen and oxygen atoms in total. The van der Waals surface area contributed by atoms with E-state index in [2.05, 4.69) is 10.4 Å². The van der Waals surface area contributed by atoms with Crippen molar-refractivity contribution in [2.24, 2.45) is 0 Å². The van der Waals surface area contributed by atoms with Crippen molar-refractivity contribution in [2.75, 3.05) is 6.54 Å². The molecule has 0 fully saturated rings. The molecule has 0 atom stereocenters. The molecule has 3 aromatic rings. The Morgan fingerprint density at radius 3 is 2.33 bits per heavy atom. The molecule has 0 saturated heterocycles. The molecule has 1 aromatic heterocycles. The van der Waals surface area contributed by atoms with Crippen molar-refractivity contribution in [2.45, 2.75) is 12.6 Å². The molecule has 27 heavy (non-hydrogen) atoms. The van der Waals surface area contributed by atoms with Crippen LogP contribution in [0.1, 0.15) is 21.6 Å². The molecular formula is C19H15F4N3O. The molecule has 0 spiro atoms. The number of alkyl halides is 3. The first kappa shape index (κ1) is 18.6. The number of nitrogens with one attached hydrogen (secondary N) is 1. The second kappa shape index (κ2) is 7.61. The van der Waals surface area contributed by atoms with Crippen molar-refractivity contribution in [3.63, 3.8) is 0 Å². The summed E-state index contributed by atoms with van der Waals surface area (Å²) in [6, 6.07) is 13.4. The monoisotopic (exact) mass is 377 g/mol. The van der Waals surface area contributed by atoms with Gasteiger partial charge in [-0.1, -0.05) is 30.3 Å². The molecule has 8 heteroatoms. The molecule has 1 N–H and O–H groups in total. The van der Waals surface area contributed by atoms with Crippen molar-refractivity contribution in [3.05, 3.63) is 83.4 Å². The van der Waals surface area contributed by atoms with Gasteiger partial charge in [-0.15, -0.1) is 0 Å². The van der Waals surface area contributed by atoms with Gasteiger partial charge in [-0.2, -0.15) is 18.3 Å². The molecule has 0 aliphatic carbocycles. The standard InChI is InChI=1S/C19H15F4N3O/c20-14-8-6-13(7-9-14)10-11-24-18(27)16-12-25-26(17(16)19(21,22)23)15-4-2-1-3-5-15/h1-9,12H,10-11H2,(H,24,27). The second-order valence-corrected chi connectivity index (χ2v) is 5.78. The van der Waals surface area contributed by atoms with Gasteiger partial charge in [0, 0.05) is 6.54 Å². The number of rotatable bonds is 5. The van der Waals surface area contributed by atoms with Crippen LogP contribution in [0.25, 0.3) is 5.69 Å². The molecule has 3 rings (SSSR count). The average Bonchev–Trinajstić information content (AvgIpc) is 3.10. The Labute approximate surface area is 152 Å². The zero-order valence-corrected chi connectivity index (χ0v) is 14.0. The Bertz CT molecular complexity index is 918. The highest BCUT2D eigenvalue weighted by atomic mass is 19.4. The summed E-state index contributed by atoms with van der Waals surface area (Å²) in [7, 11) is 0. The van der Waals surface area contributed by atoms with Gasteiger partial charge in [-0.3, -0.25) is 4.79 Å². The van der Waals surface area contributed by atoms with Crippen LogP contribution in [-0.4, -0.2) is 22.2 Å². The van der Waals surface area contributed by atoms with Crippen LogP contribution in [0, 0.1) is 5.82 Å². The second-order valence-electron chi connectivity index (χ2n) is 5.78. The first-order chi connectivity index (χ1) is 12.9. The van der Waals surface area contributed by atoms with Crippen molar-refractivity contribution in [1.29, 1.82) is 0 Å². The lowest BCUT2D eigenvalue weighted by Gasteiger charge is -2.13. The molecule has 140 valence electrons. The predicted octanol–water partition coefficient (Wildman–Crippen LogP) is 4.00. The highest BCUT2D eigenvalue weighted by Crippen LogP contribution is 2.33. The molecule has 0 aliphatic heterocycles. The van der Waals surface area contributed by atoms with E-state index in [-0.39, 0.29) is 18.0 Å². The summed E-state index contributed by atoms with van der Waals surface area (Å²) < 4.78 is 54.2. The molecule has 0 saturated carbocycles. The topological polar surface area (TPSA) is 46.9 Å². The normalized spacial score (nSPS) is 11.4. The quantitative estimate of drug-likeness (QED) is 0.683. The number of hydrogen-bond acceptors (Lipinski definition) is 2. The van der Waals surface area contributed by atoms with Crippen LogP contribution in [0.5, 0.6) is 0 Å². The fourth-order valence-corrected chi connectivity index (χ4v) is 2.62. The molecule has 1 amide bonds. The summed E-state index contributed by atoms with van der Waals surface area (Å²) in [6.07, 6.45) is -3.49. The largest absolute Gasteiger partial charge is 0.434 e. The lowest BCUT2D eigenvalue weighted by atomic mass is 10.1. The molecule has 0 radical (unpaired) electrons. The summed E-state index contributed by atoms with van der Waals surface area (Å²) >= 11 is 0. The van der Waals surface area contributed by atoms with Gasteiger partial charge in [0.2, 0.25) is 0 Å². The zero-order chi connectivity index (χ0) is 19.4. The van der Waals surface area contributed by atoms with Crippen molar-refractivity contribution >= 4 is 5.91 Å². The Morgan fingerprint density at radius 1 is 1.04 bits per heavy atom. The molecule has 0 unspecified atom stereocenters. The fourth-order valence-electron chi connectivity index (χ4n) is 2.62. The van der Waals surface area contributed by atoms with Gasteiger partial charge < -0.3 is 5.32 Å². The number of para-hydroxylation sites is 1. The van der Waals surface area contributed by atoms with E-state index >= 15 is 0 Å². The lowest BCUT2D eigenvalue weighted by Crippen LogP contribution is -2.28. The maximum atomic E-state index is 13.5. The minimum Gasteiger partial charge on any atom is -0.352 e. The highest BCUT2D eigenvalue weighted by Gasteiger charge is 2.40. The summed E-state index contributed by atoms with van der Waals surface area (Å²) in [6.45, 7) is 0.109. The van der Waals surface area contributed by atoms with E-state index in [0.717, 1.165) is 11.8 Å². The Morgan fingerprint density at radius 2 is 1.70 bits per heavy atom. The number of carbonyl (C=O) groups excluding carboxylic acids is 1. The van der Waals surface area contributed by atoms with E-state index in [1.807, 2.05) is 0 Å². The minimum absolute atomic E-state index is 0.109. The Kier molecular flexibility index (Phi) is 5.25. The lowest BCUT2D eigenvalue weighted by molar-refractivity contribution is -0.143. The van der Waals surface area contributed by atoms with Gasteiger partial charge in [-0.25, -0.2) is 9.07 Å². The summed E-state index contributed by atoms with van der Waals surface area (Å²) in [5.41, 5.74) is -0.721. The number of hydrogen-bond donors (Lipinski definition) is 1. The Hall–Kier alpha value is -3.16. The van der Waals surface area contributed by atoms with Crippen LogP contribution in [-0.2, 0) is 12.6 Å². The maximum absolute atomic E-state index is 13.5. The first-order valence-electron chi connectivity index (χ1n) is 8.09. The number of nitrogens with zero attached hydrogens (tertiary/aromatic N) is 2. The van der Waals surface area contributed by atoms with E-state index in [4.69, 9.17) is 0 Å². The number of benzene rings is 2. The van der Waals surface area contributed by atoms with E-state index < -0.39 is 23.3 Å². The summed E-state index contributed by atoms with van der Waals surface area (Å²) in [4.78, 5) is 12.3. The molecule has 2 aromatic carbocycles. The average molecular weight is 377 g/mol. The number of halogens is 4. The fraction of sp³-hybridized carbons (Fsp3) is 0.158. The molecule has 1 heterocycles.